The Balaban J connectivity index is 1.61. The van der Waals surface area contributed by atoms with Gasteiger partial charge in [0.15, 0.2) is 9.84 Å². The first-order valence-electron chi connectivity index (χ1n) is 11.3. The maximum Gasteiger partial charge on any atom is 0.178 e. The first kappa shape index (κ1) is 21.6. The summed E-state index contributed by atoms with van der Waals surface area (Å²) in [6.45, 7) is 6.22. The fourth-order valence-corrected chi connectivity index (χ4v) is 5.99. The third-order valence-corrected chi connectivity index (χ3v) is 8.03. The van der Waals surface area contributed by atoms with Crippen LogP contribution in [0.25, 0.3) is 33.8 Å². The molecule has 0 fully saturated rings. The minimum absolute atomic E-state index is 0.238. The van der Waals surface area contributed by atoms with Crippen LogP contribution in [0.2, 0.25) is 0 Å². The van der Waals surface area contributed by atoms with Crippen LogP contribution < -0.4 is 0 Å². The molecule has 1 N–H and O–H groups in total. The lowest BCUT2D eigenvalue weighted by Crippen LogP contribution is -2.15. The number of pyridine rings is 1. The van der Waals surface area contributed by atoms with Crippen molar-refractivity contribution < 1.29 is 8.42 Å². The van der Waals surface area contributed by atoms with Crippen LogP contribution in [-0.4, -0.2) is 29.1 Å². The van der Waals surface area contributed by atoms with Gasteiger partial charge in [-0.25, -0.2) is 13.4 Å². The molecule has 168 valence electrons. The average molecular weight is 458 g/mol. The molecule has 33 heavy (non-hydrogen) atoms. The summed E-state index contributed by atoms with van der Waals surface area (Å²) < 4.78 is 24.8. The van der Waals surface area contributed by atoms with Crippen LogP contribution in [-0.2, 0) is 16.3 Å². The number of benzene rings is 2. The summed E-state index contributed by atoms with van der Waals surface area (Å²) in [6, 6.07) is 20.0. The van der Waals surface area contributed by atoms with E-state index in [0.717, 1.165) is 57.3 Å². The largest absolute Gasteiger partial charge is 0.340 e. The highest BCUT2D eigenvalue weighted by Gasteiger charge is 2.24. The normalized spacial score (nSPS) is 14.9. The molecule has 5 nitrogen and oxygen atoms in total. The van der Waals surface area contributed by atoms with Gasteiger partial charge in [-0.3, -0.25) is 4.98 Å². The molecule has 1 aliphatic rings. The van der Waals surface area contributed by atoms with E-state index in [9.17, 15) is 8.42 Å². The summed E-state index contributed by atoms with van der Waals surface area (Å²) >= 11 is 0. The molecule has 0 aliphatic carbocycles. The minimum atomic E-state index is -3.16. The molecule has 4 aromatic rings. The van der Waals surface area contributed by atoms with Gasteiger partial charge >= 0.3 is 0 Å². The van der Waals surface area contributed by atoms with E-state index in [1.54, 1.807) is 6.07 Å². The topological polar surface area (TPSA) is 75.7 Å². The molecule has 0 atom stereocenters. The third kappa shape index (κ3) is 4.11. The predicted molar refractivity (Wildman–Crippen MR) is 132 cm³/mol. The number of imidazole rings is 1. The lowest BCUT2D eigenvalue weighted by molar-refractivity contribution is 0.586. The number of nitrogens with zero attached hydrogens (tertiary/aromatic N) is 2. The second-order valence-corrected chi connectivity index (χ2v) is 11.1. The molecular formula is C27H27N3O2S. The van der Waals surface area contributed by atoms with E-state index in [2.05, 4.69) is 37.0 Å². The summed E-state index contributed by atoms with van der Waals surface area (Å²) in [6.07, 6.45) is 1.47. The van der Waals surface area contributed by atoms with Crippen LogP contribution in [0.3, 0.4) is 0 Å². The van der Waals surface area contributed by atoms with E-state index >= 15 is 0 Å². The van der Waals surface area contributed by atoms with Gasteiger partial charge in [0.05, 0.1) is 27.7 Å². The van der Waals surface area contributed by atoms with Gasteiger partial charge in [-0.15, -0.1) is 0 Å². The van der Waals surface area contributed by atoms with Crippen molar-refractivity contribution in [3.05, 3.63) is 77.7 Å². The number of aromatic nitrogens is 3. The van der Waals surface area contributed by atoms with E-state index in [1.165, 1.54) is 0 Å². The fourth-order valence-electron chi connectivity index (χ4n) is 4.41. The maximum absolute atomic E-state index is 12.4. The van der Waals surface area contributed by atoms with Crippen molar-refractivity contribution in [2.45, 2.75) is 44.4 Å². The van der Waals surface area contributed by atoms with Crippen LogP contribution in [0, 0.1) is 6.92 Å². The minimum Gasteiger partial charge on any atom is -0.340 e. The van der Waals surface area contributed by atoms with Gasteiger partial charge < -0.3 is 4.98 Å². The molecule has 0 unspecified atom stereocenters. The second kappa shape index (κ2) is 8.27. The monoisotopic (exact) mass is 457 g/mol. The number of sulfone groups is 1. The standard InChI is InChI=1S/C27H27N3O2S/c1-17(2)27-29-25(26(30-27)23-11-4-7-18(3)28-23)22-9-5-8-19(16-22)20-12-13-24-21(15-20)10-6-14-33(24,31)32/h4-5,7-9,11-13,15-17H,6,10,14H2,1-3H3,(H,29,30). The van der Waals surface area contributed by atoms with Gasteiger partial charge in [0.1, 0.15) is 5.82 Å². The Kier molecular flexibility index (Phi) is 5.41. The Hall–Kier alpha value is -3.25. The first-order valence-corrected chi connectivity index (χ1v) is 13.0. The van der Waals surface area contributed by atoms with E-state index in [1.807, 2.05) is 43.3 Å². The van der Waals surface area contributed by atoms with Gasteiger partial charge in [0, 0.05) is 17.2 Å². The molecule has 5 rings (SSSR count). The molecule has 0 bridgehead atoms. The van der Waals surface area contributed by atoms with Crippen molar-refractivity contribution in [2.75, 3.05) is 5.75 Å². The van der Waals surface area contributed by atoms with Crippen LogP contribution >= 0.6 is 0 Å². The van der Waals surface area contributed by atoms with Gasteiger partial charge in [0.25, 0.3) is 0 Å². The van der Waals surface area contributed by atoms with Gasteiger partial charge in [-0.1, -0.05) is 44.2 Å². The molecule has 0 saturated heterocycles. The Morgan fingerprint density at radius 3 is 2.45 bits per heavy atom. The maximum atomic E-state index is 12.4. The zero-order chi connectivity index (χ0) is 23.2. The van der Waals surface area contributed by atoms with Crippen molar-refractivity contribution in [2.24, 2.45) is 0 Å². The van der Waals surface area contributed by atoms with Crippen molar-refractivity contribution in [1.29, 1.82) is 0 Å². The number of aryl methyl sites for hydroxylation is 2. The van der Waals surface area contributed by atoms with Crippen molar-refractivity contribution in [1.82, 2.24) is 15.0 Å². The Morgan fingerprint density at radius 1 is 0.909 bits per heavy atom. The van der Waals surface area contributed by atoms with Crippen molar-refractivity contribution in [3.8, 4) is 33.8 Å². The zero-order valence-electron chi connectivity index (χ0n) is 19.1. The highest BCUT2D eigenvalue weighted by molar-refractivity contribution is 7.91. The highest BCUT2D eigenvalue weighted by atomic mass is 32.2. The molecule has 1 aliphatic heterocycles. The molecule has 3 heterocycles. The zero-order valence-corrected chi connectivity index (χ0v) is 19.9. The van der Waals surface area contributed by atoms with Gasteiger partial charge in [-0.05, 0) is 66.8 Å². The number of nitrogens with one attached hydrogen (secondary N) is 1. The van der Waals surface area contributed by atoms with Crippen LogP contribution in [0.4, 0.5) is 0 Å². The van der Waals surface area contributed by atoms with Crippen LogP contribution in [0.15, 0.2) is 65.6 Å². The molecule has 0 saturated carbocycles. The quantitative estimate of drug-likeness (QED) is 0.410. The Morgan fingerprint density at radius 2 is 1.67 bits per heavy atom. The molecule has 2 aromatic carbocycles. The van der Waals surface area contributed by atoms with E-state index in [-0.39, 0.29) is 11.7 Å². The number of fused-ring (bicyclic) bond motifs is 1. The lowest BCUT2D eigenvalue weighted by atomic mass is 9.98. The smallest absolute Gasteiger partial charge is 0.178 e. The summed E-state index contributed by atoms with van der Waals surface area (Å²) in [5, 5.41) is 0. The Bertz CT molecular complexity index is 1450. The number of hydrogen-bond acceptors (Lipinski definition) is 4. The second-order valence-electron chi connectivity index (χ2n) is 8.99. The Labute approximate surface area is 194 Å². The molecule has 6 heteroatoms. The summed E-state index contributed by atoms with van der Waals surface area (Å²) in [5.74, 6) is 1.42. The summed E-state index contributed by atoms with van der Waals surface area (Å²) in [4.78, 5) is 13.6. The fraction of sp³-hybridized carbons (Fsp3) is 0.259. The predicted octanol–water partition coefficient (Wildman–Crippen LogP) is 5.96. The number of aromatic amines is 1. The van der Waals surface area contributed by atoms with Crippen molar-refractivity contribution >= 4 is 9.84 Å². The van der Waals surface area contributed by atoms with Gasteiger partial charge in [-0.2, -0.15) is 0 Å². The van der Waals surface area contributed by atoms with E-state index in [0.29, 0.717) is 11.3 Å². The average Bonchev–Trinajstić information content (AvgIpc) is 3.25. The number of hydrogen-bond donors (Lipinski definition) is 1. The van der Waals surface area contributed by atoms with Crippen molar-refractivity contribution in [3.63, 3.8) is 0 Å². The highest BCUT2D eigenvalue weighted by Crippen LogP contribution is 2.35. The number of H-pyrrole nitrogens is 1. The van der Waals surface area contributed by atoms with Crippen LogP contribution in [0.5, 0.6) is 0 Å². The molecule has 0 amide bonds. The third-order valence-electron chi connectivity index (χ3n) is 6.14. The van der Waals surface area contributed by atoms with Gasteiger partial charge in [0.2, 0.25) is 0 Å². The number of rotatable bonds is 4. The van der Waals surface area contributed by atoms with E-state index in [4.69, 9.17) is 9.97 Å². The molecule has 0 radical (unpaired) electrons. The van der Waals surface area contributed by atoms with E-state index < -0.39 is 9.84 Å². The molecule has 2 aromatic heterocycles. The molecule has 0 spiro atoms. The molecular weight excluding hydrogens is 430 g/mol. The summed E-state index contributed by atoms with van der Waals surface area (Å²) in [7, 11) is -3.16. The summed E-state index contributed by atoms with van der Waals surface area (Å²) in [5.41, 5.74) is 7.58. The lowest BCUT2D eigenvalue weighted by Gasteiger charge is -2.17. The first-order chi connectivity index (χ1) is 15.8. The SMILES string of the molecule is Cc1cccc(-c2[nH]c(C(C)C)nc2-c2cccc(-c3ccc4c(c3)CCCS4(=O)=O)c2)n1. The van der Waals surface area contributed by atoms with Crippen LogP contribution in [0.1, 0.15) is 43.3 Å².